The van der Waals surface area contributed by atoms with Crippen LogP contribution < -0.4 is 0 Å². The molecule has 0 N–H and O–H groups in total. The van der Waals surface area contributed by atoms with Crippen LogP contribution in [-0.2, 0) is 6.54 Å². The number of carbonyl (C=O) groups is 1. The van der Waals surface area contributed by atoms with E-state index in [0.717, 1.165) is 37.6 Å². The quantitative estimate of drug-likeness (QED) is 0.871. The summed E-state index contributed by atoms with van der Waals surface area (Å²) in [6.45, 7) is 3.73. The zero-order valence-electron chi connectivity index (χ0n) is 11.6. The van der Waals surface area contributed by atoms with Gasteiger partial charge in [-0.1, -0.05) is 0 Å². The minimum absolute atomic E-state index is 0.0311. The Bertz CT molecular complexity index is 611. The summed E-state index contributed by atoms with van der Waals surface area (Å²) in [5.41, 5.74) is 0. The summed E-state index contributed by atoms with van der Waals surface area (Å²) >= 11 is 1.70. The second kappa shape index (κ2) is 5.27. The maximum absolute atomic E-state index is 12.5. The van der Waals surface area contributed by atoms with Crippen LogP contribution in [0.1, 0.15) is 22.0 Å². The van der Waals surface area contributed by atoms with Crippen molar-refractivity contribution in [2.24, 2.45) is 5.92 Å². The SMILES string of the molecule is O=C(c1ccco1)N1C[C@H]2C[C@H]1CN(Cc1nccs1)C2. The van der Waals surface area contributed by atoms with E-state index in [0.29, 0.717) is 17.7 Å². The van der Waals surface area contributed by atoms with E-state index >= 15 is 0 Å². The Morgan fingerprint density at radius 3 is 3.14 bits per heavy atom. The molecule has 2 bridgehead atoms. The lowest BCUT2D eigenvalue weighted by atomic mass is 10.00. The molecule has 0 spiro atoms. The molecule has 0 saturated carbocycles. The van der Waals surface area contributed by atoms with Gasteiger partial charge >= 0.3 is 0 Å². The number of rotatable bonds is 3. The number of carbonyl (C=O) groups excluding carboxylic acids is 1. The van der Waals surface area contributed by atoms with Crippen LogP contribution >= 0.6 is 11.3 Å². The van der Waals surface area contributed by atoms with E-state index in [1.54, 1.807) is 29.7 Å². The molecule has 2 saturated heterocycles. The van der Waals surface area contributed by atoms with E-state index in [1.807, 2.05) is 16.5 Å². The van der Waals surface area contributed by atoms with Crippen molar-refractivity contribution in [1.82, 2.24) is 14.8 Å². The smallest absolute Gasteiger partial charge is 0.289 e. The van der Waals surface area contributed by atoms with Gasteiger partial charge in [-0.2, -0.15) is 0 Å². The maximum Gasteiger partial charge on any atom is 0.289 e. The van der Waals surface area contributed by atoms with Crippen molar-refractivity contribution in [1.29, 1.82) is 0 Å². The molecule has 0 radical (unpaired) electrons. The second-order valence-electron chi connectivity index (χ2n) is 5.81. The van der Waals surface area contributed by atoms with Crippen molar-refractivity contribution in [3.8, 4) is 0 Å². The summed E-state index contributed by atoms with van der Waals surface area (Å²) in [6.07, 6.45) is 4.52. The van der Waals surface area contributed by atoms with Crippen LogP contribution in [0, 0.1) is 5.92 Å². The van der Waals surface area contributed by atoms with Gasteiger partial charge in [0, 0.05) is 37.3 Å². The number of furan rings is 1. The van der Waals surface area contributed by atoms with Crippen LogP contribution in [0.4, 0.5) is 0 Å². The van der Waals surface area contributed by atoms with E-state index in [-0.39, 0.29) is 5.91 Å². The number of amides is 1. The minimum Gasteiger partial charge on any atom is -0.459 e. The monoisotopic (exact) mass is 303 g/mol. The van der Waals surface area contributed by atoms with Crippen LogP contribution in [0.15, 0.2) is 34.4 Å². The molecule has 0 aromatic carbocycles. The fourth-order valence-electron chi connectivity index (χ4n) is 3.50. The predicted molar refractivity (Wildman–Crippen MR) is 79.0 cm³/mol. The zero-order chi connectivity index (χ0) is 14.2. The van der Waals surface area contributed by atoms with Crippen LogP contribution in [0.25, 0.3) is 0 Å². The molecule has 2 aromatic heterocycles. The van der Waals surface area contributed by atoms with Crippen LogP contribution in [0.2, 0.25) is 0 Å². The van der Waals surface area contributed by atoms with Crippen LogP contribution in [0.3, 0.4) is 0 Å². The summed E-state index contributed by atoms with van der Waals surface area (Å²) in [5, 5.41) is 3.17. The maximum atomic E-state index is 12.5. The largest absolute Gasteiger partial charge is 0.459 e. The number of likely N-dealkylation sites (tertiary alicyclic amines) is 2. The van der Waals surface area contributed by atoms with Crippen LogP contribution in [-0.4, -0.2) is 46.4 Å². The third-order valence-corrected chi connectivity index (χ3v) is 5.09. The first-order valence-corrected chi connectivity index (χ1v) is 8.13. The third kappa shape index (κ3) is 2.49. The third-order valence-electron chi connectivity index (χ3n) is 4.32. The lowest BCUT2D eigenvalue weighted by Crippen LogP contribution is -2.43. The first kappa shape index (κ1) is 13.0. The molecular weight excluding hydrogens is 286 g/mol. The van der Waals surface area contributed by atoms with E-state index in [2.05, 4.69) is 9.88 Å². The Morgan fingerprint density at radius 2 is 2.38 bits per heavy atom. The molecule has 0 unspecified atom stereocenters. The summed E-state index contributed by atoms with van der Waals surface area (Å²) in [7, 11) is 0. The second-order valence-corrected chi connectivity index (χ2v) is 6.79. The minimum atomic E-state index is 0.0311. The van der Waals surface area contributed by atoms with Gasteiger partial charge in [0.2, 0.25) is 0 Å². The van der Waals surface area contributed by atoms with Gasteiger partial charge in [-0.3, -0.25) is 9.69 Å². The van der Waals surface area contributed by atoms with E-state index in [9.17, 15) is 4.79 Å². The van der Waals surface area contributed by atoms with Gasteiger partial charge in [0.1, 0.15) is 5.01 Å². The molecule has 110 valence electrons. The molecule has 1 amide bonds. The average molecular weight is 303 g/mol. The lowest BCUT2D eigenvalue weighted by molar-refractivity contribution is 0.0680. The summed E-state index contributed by atoms with van der Waals surface area (Å²) in [6, 6.07) is 3.82. The normalized spacial score (nSPS) is 25.4. The van der Waals surface area contributed by atoms with E-state index in [1.165, 1.54) is 0 Å². The topological polar surface area (TPSA) is 49.6 Å². The van der Waals surface area contributed by atoms with Gasteiger partial charge < -0.3 is 9.32 Å². The van der Waals surface area contributed by atoms with Crippen molar-refractivity contribution in [2.45, 2.75) is 19.0 Å². The molecule has 4 heterocycles. The summed E-state index contributed by atoms with van der Waals surface area (Å²) in [5.74, 6) is 1.06. The highest BCUT2D eigenvalue weighted by molar-refractivity contribution is 7.09. The average Bonchev–Trinajstić information content (AvgIpc) is 3.19. The number of aromatic nitrogens is 1. The first-order chi connectivity index (χ1) is 10.3. The number of piperidine rings is 1. The van der Waals surface area contributed by atoms with Gasteiger partial charge in [0.05, 0.1) is 12.8 Å². The zero-order valence-corrected chi connectivity index (χ0v) is 12.5. The number of hydrogen-bond acceptors (Lipinski definition) is 5. The molecule has 2 atom stereocenters. The van der Waals surface area contributed by atoms with Crippen molar-refractivity contribution < 1.29 is 9.21 Å². The highest BCUT2D eigenvalue weighted by Crippen LogP contribution is 2.31. The highest BCUT2D eigenvalue weighted by Gasteiger charge is 2.41. The van der Waals surface area contributed by atoms with Gasteiger partial charge in [-0.15, -0.1) is 11.3 Å². The Labute approximate surface area is 127 Å². The molecule has 6 heteroatoms. The Morgan fingerprint density at radius 1 is 1.43 bits per heavy atom. The number of hydrogen-bond donors (Lipinski definition) is 0. The fraction of sp³-hybridized carbons (Fsp3) is 0.467. The molecule has 2 aromatic rings. The Balaban J connectivity index is 1.46. The van der Waals surface area contributed by atoms with E-state index < -0.39 is 0 Å². The molecule has 2 aliphatic heterocycles. The van der Waals surface area contributed by atoms with Crippen molar-refractivity contribution in [3.05, 3.63) is 40.7 Å². The Kier molecular flexibility index (Phi) is 3.27. The Hall–Kier alpha value is -1.66. The molecule has 4 rings (SSSR count). The molecule has 2 fully saturated rings. The van der Waals surface area contributed by atoms with Crippen molar-refractivity contribution >= 4 is 17.2 Å². The van der Waals surface area contributed by atoms with Crippen LogP contribution in [0.5, 0.6) is 0 Å². The molecular formula is C15H17N3O2S. The first-order valence-electron chi connectivity index (χ1n) is 7.25. The fourth-order valence-corrected chi connectivity index (χ4v) is 4.16. The molecule has 21 heavy (non-hydrogen) atoms. The van der Waals surface area contributed by atoms with Gasteiger partial charge in [0.25, 0.3) is 5.91 Å². The number of nitrogens with zero attached hydrogens (tertiary/aromatic N) is 3. The molecule has 0 aliphatic carbocycles. The summed E-state index contributed by atoms with van der Waals surface area (Å²) < 4.78 is 5.26. The van der Waals surface area contributed by atoms with Gasteiger partial charge in [0.15, 0.2) is 5.76 Å². The lowest BCUT2D eigenvalue weighted by Gasteiger charge is -2.31. The van der Waals surface area contributed by atoms with Gasteiger partial charge in [-0.05, 0) is 24.5 Å². The molecule has 2 aliphatic rings. The standard InChI is InChI=1S/C15H17N3O2S/c19-15(13-2-1-4-20-13)18-8-11-6-12(18)9-17(7-11)10-14-16-3-5-21-14/h1-5,11-12H,6-10H2/t11-,12-/m0/s1. The number of thiazole rings is 1. The predicted octanol–water partition coefficient (Wildman–Crippen LogP) is 2.08. The van der Waals surface area contributed by atoms with E-state index in [4.69, 9.17) is 4.42 Å². The van der Waals surface area contributed by atoms with Crippen molar-refractivity contribution in [2.75, 3.05) is 19.6 Å². The summed E-state index contributed by atoms with van der Waals surface area (Å²) in [4.78, 5) is 21.2. The molecule has 5 nitrogen and oxygen atoms in total. The number of fused-ring (bicyclic) bond motifs is 2. The van der Waals surface area contributed by atoms with Crippen molar-refractivity contribution in [3.63, 3.8) is 0 Å². The van der Waals surface area contributed by atoms with Gasteiger partial charge in [-0.25, -0.2) is 4.98 Å². The highest BCUT2D eigenvalue weighted by atomic mass is 32.1.